The van der Waals surface area contributed by atoms with Gasteiger partial charge in [0.1, 0.15) is 0 Å². The van der Waals surface area contributed by atoms with Crippen LogP contribution in [0.25, 0.3) is 0 Å². The molecular weight excluding hydrogens is 306 g/mol. The number of hydrogen-bond acceptors (Lipinski definition) is 4. The third kappa shape index (κ3) is 3.68. The minimum atomic E-state index is -4.45. The van der Waals surface area contributed by atoms with Crippen LogP contribution in [0.15, 0.2) is 10.5 Å². The van der Waals surface area contributed by atoms with Crippen LogP contribution in [0.5, 0.6) is 0 Å². The van der Waals surface area contributed by atoms with Crippen molar-refractivity contribution < 1.29 is 17.9 Å². The van der Waals surface area contributed by atoms with Gasteiger partial charge in [0.15, 0.2) is 0 Å². The summed E-state index contributed by atoms with van der Waals surface area (Å²) in [7, 11) is -4.45. The van der Waals surface area contributed by atoms with E-state index in [0.29, 0.717) is 12.0 Å². The zero-order valence-electron chi connectivity index (χ0n) is 14.1. The molecule has 22 heavy (non-hydrogen) atoms. The lowest BCUT2D eigenvalue weighted by molar-refractivity contribution is -0.544. The van der Waals surface area contributed by atoms with Crippen molar-refractivity contribution in [3.05, 3.63) is 20.6 Å². The monoisotopic (exact) mass is 333 g/mol. The average molecular weight is 333 g/mol. The standard InChI is InChI=1S/C15H27NO5S/c1-8(2)11-7-12(9(3)4)15(22(19,20)21)13(10(5)6)14(11)16(17)18/h8-11,13-14H,7H2,1-6H3,(H,19,20,21). The largest absolute Gasteiger partial charge is 0.291 e. The molecule has 128 valence electrons. The molecule has 0 aliphatic heterocycles. The fraction of sp³-hybridized carbons (Fsp3) is 0.867. The second-order valence-corrected chi connectivity index (χ2v) is 8.57. The fourth-order valence-corrected chi connectivity index (χ4v) is 4.99. The molecule has 6 nitrogen and oxygen atoms in total. The van der Waals surface area contributed by atoms with Gasteiger partial charge in [-0.3, -0.25) is 14.7 Å². The Bertz CT molecular complexity index is 562. The van der Waals surface area contributed by atoms with Crippen LogP contribution < -0.4 is 0 Å². The van der Waals surface area contributed by atoms with E-state index in [1.807, 2.05) is 27.7 Å². The molecule has 7 heteroatoms. The molecule has 0 aromatic heterocycles. The van der Waals surface area contributed by atoms with Crippen LogP contribution in [0.4, 0.5) is 0 Å². The topological polar surface area (TPSA) is 97.5 Å². The van der Waals surface area contributed by atoms with Gasteiger partial charge in [0.05, 0.1) is 10.8 Å². The number of hydrogen-bond donors (Lipinski definition) is 1. The van der Waals surface area contributed by atoms with Crippen molar-refractivity contribution in [2.24, 2.45) is 29.6 Å². The Hall–Kier alpha value is -0.950. The van der Waals surface area contributed by atoms with Crippen LogP contribution in [0.2, 0.25) is 0 Å². The van der Waals surface area contributed by atoms with E-state index in [1.165, 1.54) is 0 Å². The zero-order valence-corrected chi connectivity index (χ0v) is 14.9. The second kappa shape index (κ2) is 6.66. The third-order valence-electron chi connectivity index (χ3n) is 4.67. The molecule has 0 saturated carbocycles. The first-order chi connectivity index (χ1) is 9.89. The van der Waals surface area contributed by atoms with E-state index in [-0.39, 0.29) is 33.5 Å². The molecule has 0 saturated heterocycles. The molecule has 0 fully saturated rings. The molecule has 1 aliphatic carbocycles. The van der Waals surface area contributed by atoms with Crippen molar-refractivity contribution in [3.8, 4) is 0 Å². The van der Waals surface area contributed by atoms with E-state index in [2.05, 4.69) is 0 Å². The first-order valence-electron chi connectivity index (χ1n) is 7.73. The Kier molecular flexibility index (Phi) is 5.78. The van der Waals surface area contributed by atoms with Crippen LogP contribution in [-0.4, -0.2) is 23.9 Å². The Morgan fingerprint density at radius 3 is 1.91 bits per heavy atom. The maximum Gasteiger partial charge on any atom is 0.291 e. The van der Waals surface area contributed by atoms with E-state index in [0.717, 1.165) is 0 Å². The van der Waals surface area contributed by atoms with Crippen LogP contribution in [0.1, 0.15) is 48.0 Å². The van der Waals surface area contributed by atoms with Crippen LogP contribution in [-0.2, 0) is 10.1 Å². The zero-order chi connectivity index (χ0) is 17.4. The Morgan fingerprint density at radius 1 is 1.14 bits per heavy atom. The fourth-order valence-electron chi connectivity index (χ4n) is 3.58. The first-order valence-corrected chi connectivity index (χ1v) is 9.17. The van der Waals surface area contributed by atoms with E-state index >= 15 is 0 Å². The van der Waals surface area contributed by atoms with Gasteiger partial charge in [-0.25, -0.2) is 0 Å². The molecule has 1 aliphatic rings. The van der Waals surface area contributed by atoms with Gasteiger partial charge in [0, 0.05) is 10.8 Å². The lowest BCUT2D eigenvalue weighted by atomic mass is 9.68. The molecule has 0 bridgehead atoms. The highest BCUT2D eigenvalue weighted by Crippen LogP contribution is 2.46. The number of nitro groups is 1. The highest BCUT2D eigenvalue weighted by Gasteiger charge is 2.51. The SMILES string of the molecule is CC(C)C1=C(S(=O)(=O)O)C(C(C)C)C([N+](=O)[O-])C(C(C)C)C1. The van der Waals surface area contributed by atoms with Gasteiger partial charge in [-0.2, -0.15) is 8.42 Å². The number of allylic oxidation sites excluding steroid dienone is 1. The summed E-state index contributed by atoms with van der Waals surface area (Å²) >= 11 is 0. The summed E-state index contributed by atoms with van der Waals surface area (Å²) in [6, 6.07) is -0.987. The molecule has 0 aromatic rings. The Labute approximate surface area is 132 Å². The molecule has 1 N–H and O–H groups in total. The summed E-state index contributed by atoms with van der Waals surface area (Å²) in [4.78, 5) is 11.2. The van der Waals surface area contributed by atoms with Gasteiger partial charge < -0.3 is 0 Å². The van der Waals surface area contributed by atoms with E-state index in [1.54, 1.807) is 13.8 Å². The van der Waals surface area contributed by atoms with Crippen molar-refractivity contribution in [1.82, 2.24) is 0 Å². The first kappa shape index (κ1) is 19.1. The highest BCUT2D eigenvalue weighted by molar-refractivity contribution is 7.89. The molecule has 0 amide bonds. The molecule has 0 radical (unpaired) electrons. The van der Waals surface area contributed by atoms with Crippen molar-refractivity contribution in [3.63, 3.8) is 0 Å². The van der Waals surface area contributed by atoms with Gasteiger partial charge in [-0.15, -0.1) is 0 Å². The van der Waals surface area contributed by atoms with Crippen LogP contribution in [0.3, 0.4) is 0 Å². The molecule has 0 heterocycles. The molecule has 1 rings (SSSR count). The summed E-state index contributed by atoms with van der Waals surface area (Å²) in [6.07, 6.45) is 0.347. The average Bonchev–Trinajstić information content (AvgIpc) is 2.34. The molecule has 3 unspecified atom stereocenters. The smallest absolute Gasteiger partial charge is 0.282 e. The van der Waals surface area contributed by atoms with Crippen LogP contribution in [0, 0.1) is 39.7 Å². The summed E-state index contributed by atoms with van der Waals surface area (Å²) in [5.74, 6) is -1.28. The van der Waals surface area contributed by atoms with E-state index in [4.69, 9.17) is 0 Å². The minimum Gasteiger partial charge on any atom is -0.282 e. The molecule has 0 aromatic carbocycles. The van der Waals surface area contributed by atoms with Crippen LogP contribution >= 0.6 is 0 Å². The number of nitrogens with zero attached hydrogens (tertiary/aromatic N) is 1. The van der Waals surface area contributed by atoms with E-state index in [9.17, 15) is 23.1 Å². The summed E-state index contributed by atoms with van der Waals surface area (Å²) < 4.78 is 33.6. The normalized spacial score (nSPS) is 27.1. The van der Waals surface area contributed by atoms with Gasteiger partial charge in [0.2, 0.25) is 6.04 Å². The molecule has 0 spiro atoms. The quantitative estimate of drug-likeness (QED) is 0.472. The van der Waals surface area contributed by atoms with E-state index < -0.39 is 22.1 Å². The number of rotatable bonds is 5. The predicted octanol–water partition coefficient (Wildman–Crippen LogP) is 3.38. The predicted molar refractivity (Wildman–Crippen MR) is 85.5 cm³/mol. The van der Waals surface area contributed by atoms with Crippen molar-refractivity contribution in [2.45, 2.75) is 54.0 Å². The second-order valence-electron chi connectivity index (χ2n) is 7.18. The van der Waals surface area contributed by atoms with Crippen molar-refractivity contribution in [1.29, 1.82) is 0 Å². The Morgan fingerprint density at radius 2 is 1.64 bits per heavy atom. The summed E-state index contributed by atoms with van der Waals surface area (Å²) in [5, 5.41) is 11.6. The van der Waals surface area contributed by atoms with Gasteiger partial charge in [0.25, 0.3) is 10.1 Å². The highest BCUT2D eigenvalue weighted by atomic mass is 32.2. The summed E-state index contributed by atoms with van der Waals surface area (Å²) in [6.45, 7) is 11.1. The maximum absolute atomic E-state index is 11.9. The summed E-state index contributed by atoms with van der Waals surface area (Å²) in [5.41, 5.74) is 0.637. The van der Waals surface area contributed by atoms with Crippen molar-refractivity contribution >= 4 is 10.1 Å². The maximum atomic E-state index is 11.9. The molecular formula is C15H27NO5S. The van der Waals surface area contributed by atoms with Gasteiger partial charge in [-0.1, -0.05) is 41.5 Å². The van der Waals surface area contributed by atoms with Gasteiger partial charge in [-0.05, 0) is 29.7 Å². The van der Waals surface area contributed by atoms with Gasteiger partial charge >= 0.3 is 0 Å². The third-order valence-corrected chi connectivity index (χ3v) is 5.76. The molecule has 3 atom stereocenters. The minimum absolute atomic E-state index is 0.0633. The Balaban J connectivity index is 3.68. The lowest BCUT2D eigenvalue weighted by Crippen LogP contribution is -2.47. The van der Waals surface area contributed by atoms with Crippen molar-refractivity contribution in [2.75, 3.05) is 0 Å². The lowest BCUT2D eigenvalue weighted by Gasteiger charge is -2.39.